The standard InChI is InChI=1S/C29H39N3O8/c1-17-9-11-28-15-37-26(35)25(31-32-30)18(2)10-12-36-20(19(3)33)7-5-6-8-24(34)40-21-14-23(39-22(28)13-17)29(16-38-29)27(21,28)4/h5-8,13,18-23,25,33H,9-12,14-16H2,1-4H3/b7-5+,8-6-/t18-,19-,20-,21-,22-,23-,25+,27-,28-,29+/m1/s1. The number of aliphatic hydroxyl groups excluding tert-OH is 1. The van der Waals surface area contributed by atoms with Gasteiger partial charge in [-0.2, -0.15) is 0 Å². The van der Waals surface area contributed by atoms with Gasteiger partial charge in [-0.15, -0.1) is 0 Å². The van der Waals surface area contributed by atoms with Gasteiger partial charge in [0.05, 0.1) is 30.3 Å². The third kappa shape index (κ3) is 4.67. The molecule has 5 aliphatic rings. The molecule has 2 saturated heterocycles. The first-order chi connectivity index (χ1) is 19.1. The predicted molar refractivity (Wildman–Crippen MR) is 143 cm³/mol. The van der Waals surface area contributed by atoms with E-state index in [-0.39, 0.29) is 31.3 Å². The number of hydrogen-bond donors (Lipinski definition) is 1. The van der Waals surface area contributed by atoms with Gasteiger partial charge in [0.1, 0.15) is 30.5 Å². The maximum Gasteiger partial charge on any atom is 0.331 e. The van der Waals surface area contributed by atoms with E-state index < -0.39 is 52.7 Å². The Kier molecular flexibility index (Phi) is 7.89. The highest BCUT2D eigenvalue weighted by Gasteiger charge is 2.83. The van der Waals surface area contributed by atoms with Gasteiger partial charge >= 0.3 is 11.9 Å². The summed E-state index contributed by atoms with van der Waals surface area (Å²) in [4.78, 5) is 29.4. The fourth-order valence-corrected chi connectivity index (χ4v) is 7.26. The first kappa shape index (κ1) is 28.8. The molecule has 40 heavy (non-hydrogen) atoms. The van der Waals surface area contributed by atoms with Gasteiger partial charge < -0.3 is 28.8 Å². The third-order valence-electron chi connectivity index (χ3n) is 9.91. The molecule has 0 unspecified atom stereocenters. The van der Waals surface area contributed by atoms with Crippen LogP contribution in [-0.4, -0.2) is 79.0 Å². The molecule has 0 aromatic carbocycles. The predicted octanol–water partition coefficient (Wildman–Crippen LogP) is 3.71. The number of cyclic esters (lactones) is 1. The molecule has 2 aliphatic carbocycles. The van der Waals surface area contributed by atoms with Crippen molar-refractivity contribution in [3.8, 4) is 0 Å². The van der Waals surface area contributed by atoms with Crippen molar-refractivity contribution < 1.29 is 38.4 Å². The minimum Gasteiger partial charge on any atom is -0.465 e. The summed E-state index contributed by atoms with van der Waals surface area (Å²) in [7, 11) is 0. The van der Waals surface area contributed by atoms with Gasteiger partial charge in [-0.3, -0.25) is 4.79 Å². The van der Waals surface area contributed by atoms with Gasteiger partial charge in [0.15, 0.2) is 0 Å². The molecule has 3 aliphatic heterocycles. The van der Waals surface area contributed by atoms with E-state index in [9.17, 15) is 20.2 Å². The van der Waals surface area contributed by atoms with E-state index in [0.717, 1.165) is 6.42 Å². The first-order valence-corrected chi connectivity index (χ1v) is 14.1. The Balaban J connectivity index is 1.53. The van der Waals surface area contributed by atoms with Crippen LogP contribution < -0.4 is 0 Å². The normalized spacial score (nSPS) is 45.9. The summed E-state index contributed by atoms with van der Waals surface area (Å²) < 4.78 is 30.7. The Bertz CT molecular complexity index is 1160. The van der Waals surface area contributed by atoms with E-state index in [0.29, 0.717) is 25.9 Å². The number of carbonyl (C=O) groups is 2. The third-order valence-corrected chi connectivity index (χ3v) is 9.91. The highest BCUT2D eigenvalue weighted by molar-refractivity contribution is 5.82. The summed E-state index contributed by atoms with van der Waals surface area (Å²) in [5.41, 5.74) is 8.37. The van der Waals surface area contributed by atoms with Gasteiger partial charge in [0, 0.05) is 29.4 Å². The van der Waals surface area contributed by atoms with Gasteiger partial charge in [0.2, 0.25) is 0 Å². The SMILES string of the molecule is CC1=C[C@H]2O[C@@H]3C[C@H]4OC(=O)/C=C\C=C\[C@H]([C@@H](C)O)OCC[C@@H](C)[C@H](N=[N+]=[N-])C(=O)OC[C@@]2(CC1)[C@]4(C)[C@]31CO1. The van der Waals surface area contributed by atoms with Crippen molar-refractivity contribution in [1.29, 1.82) is 0 Å². The Morgan fingerprint density at radius 2 is 2.00 bits per heavy atom. The number of epoxide rings is 1. The highest BCUT2D eigenvalue weighted by Crippen LogP contribution is 2.72. The molecule has 0 aromatic rings. The molecule has 11 nitrogen and oxygen atoms in total. The molecule has 11 heteroatoms. The molecular formula is C29H39N3O8. The van der Waals surface area contributed by atoms with Gasteiger partial charge in [0.25, 0.3) is 0 Å². The van der Waals surface area contributed by atoms with Crippen LogP contribution in [-0.2, 0) is 33.3 Å². The minimum absolute atomic E-state index is 0.00596. The smallest absolute Gasteiger partial charge is 0.331 e. The van der Waals surface area contributed by atoms with Crippen molar-refractivity contribution in [1.82, 2.24) is 0 Å². The summed E-state index contributed by atoms with van der Waals surface area (Å²) >= 11 is 0. The van der Waals surface area contributed by atoms with E-state index in [1.165, 1.54) is 11.6 Å². The first-order valence-electron chi connectivity index (χ1n) is 14.1. The van der Waals surface area contributed by atoms with E-state index in [1.54, 1.807) is 32.1 Å². The Hall–Kier alpha value is -2.69. The van der Waals surface area contributed by atoms with Gasteiger partial charge in [-0.1, -0.05) is 48.8 Å². The van der Waals surface area contributed by atoms with Gasteiger partial charge in [-0.25, -0.2) is 4.79 Å². The zero-order valence-electron chi connectivity index (χ0n) is 23.5. The summed E-state index contributed by atoms with van der Waals surface area (Å²) in [5.74, 6) is -1.49. The molecule has 5 rings (SSSR count). The number of azide groups is 1. The molecule has 0 amide bonds. The number of ether oxygens (including phenoxy) is 5. The average Bonchev–Trinajstić information content (AvgIpc) is 3.69. The van der Waals surface area contributed by atoms with Crippen molar-refractivity contribution in [3.05, 3.63) is 46.4 Å². The van der Waals surface area contributed by atoms with Crippen molar-refractivity contribution >= 4 is 11.9 Å². The number of aliphatic hydroxyl groups is 1. The number of nitrogens with zero attached hydrogens (tertiary/aromatic N) is 3. The number of rotatable bonds is 2. The van der Waals surface area contributed by atoms with Crippen LogP contribution in [0.2, 0.25) is 0 Å². The monoisotopic (exact) mass is 557 g/mol. The quantitative estimate of drug-likeness (QED) is 0.135. The van der Waals surface area contributed by atoms with Crippen LogP contribution in [0.4, 0.5) is 0 Å². The molecule has 0 aromatic heterocycles. The molecule has 1 saturated carbocycles. The van der Waals surface area contributed by atoms with Crippen molar-refractivity contribution in [2.45, 2.75) is 95.5 Å². The van der Waals surface area contributed by atoms with Crippen molar-refractivity contribution in [3.63, 3.8) is 0 Å². The maximum atomic E-state index is 13.5. The number of esters is 2. The van der Waals surface area contributed by atoms with Crippen LogP contribution >= 0.6 is 0 Å². The Morgan fingerprint density at radius 3 is 2.70 bits per heavy atom. The topological polar surface area (TPSA) is 153 Å². The van der Waals surface area contributed by atoms with Crippen molar-refractivity contribution in [2.24, 2.45) is 21.9 Å². The van der Waals surface area contributed by atoms with Gasteiger partial charge in [-0.05, 0) is 44.6 Å². The minimum atomic E-state index is -1.06. The molecule has 3 fully saturated rings. The second-order valence-electron chi connectivity index (χ2n) is 12.1. The summed E-state index contributed by atoms with van der Waals surface area (Å²) in [5, 5.41) is 13.9. The molecule has 10 atom stereocenters. The molecule has 3 heterocycles. The lowest BCUT2D eigenvalue weighted by atomic mass is 9.51. The molecule has 2 bridgehead atoms. The van der Waals surface area contributed by atoms with Crippen LogP contribution in [0.15, 0.2) is 41.1 Å². The highest BCUT2D eigenvalue weighted by atomic mass is 16.6. The molecule has 0 radical (unpaired) electrons. The largest absolute Gasteiger partial charge is 0.465 e. The van der Waals surface area contributed by atoms with E-state index >= 15 is 0 Å². The Morgan fingerprint density at radius 1 is 1.23 bits per heavy atom. The lowest BCUT2D eigenvalue weighted by Crippen LogP contribution is -2.66. The molecule has 2 spiro atoms. The van der Waals surface area contributed by atoms with Crippen LogP contribution in [0, 0.1) is 16.7 Å². The summed E-state index contributed by atoms with van der Waals surface area (Å²) in [6.07, 6.45) is 8.04. The zero-order valence-corrected chi connectivity index (χ0v) is 23.5. The second-order valence-corrected chi connectivity index (χ2v) is 12.1. The van der Waals surface area contributed by atoms with Crippen molar-refractivity contribution in [2.75, 3.05) is 19.8 Å². The van der Waals surface area contributed by atoms with Crippen LogP contribution in [0.1, 0.15) is 53.4 Å². The average molecular weight is 558 g/mol. The summed E-state index contributed by atoms with van der Waals surface area (Å²) in [6, 6.07) is -1.06. The zero-order chi connectivity index (χ0) is 28.7. The fourth-order valence-electron chi connectivity index (χ4n) is 7.26. The van der Waals surface area contributed by atoms with E-state index in [4.69, 9.17) is 23.7 Å². The summed E-state index contributed by atoms with van der Waals surface area (Å²) in [6.45, 7) is 8.24. The Labute approximate surface area is 234 Å². The maximum absolute atomic E-state index is 13.5. The number of allylic oxidation sites excluding steroid dienone is 3. The lowest BCUT2D eigenvalue weighted by Gasteiger charge is -2.58. The lowest BCUT2D eigenvalue weighted by molar-refractivity contribution is -0.233. The van der Waals surface area contributed by atoms with Crippen LogP contribution in [0.5, 0.6) is 0 Å². The van der Waals surface area contributed by atoms with E-state index in [1.807, 2.05) is 0 Å². The second kappa shape index (κ2) is 10.9. The van der Waals surface area contributed by atoms with E-state index in [2.05, 4.69) is 29.9 Å². The van der Waals surface area contributed by atoms with Crippen LogP contribution in [0.3, 0.4) is 0 Å². The fraction of sp³-hybridized carbons (Fsp3) is 0.724. The number of carbonyl (C=O) groups excluding carboxylic acids is 2. The molecule has 218 valence electrons. The molecule has 1 N–H and O–H groups in total. The molecular weight excluding hydrogens is 518 g/mol. The number of hydrogen-bond acceptors (Lipinski definition) is 9. The van der Waals surface area contributed by atoms with Crippen LogP contribution in [0.25, 0.3) is 10.4 Å².